The lowest BCUT2D eigenvalue weighted by Gasteiger charge is -2.27. The maximum absolute atomic E-state index is 14.7. The Morgan fingerprint density at radius 2 is 1.68 bits per heavy atom. The van der Waals surface area contributed by atoms with Gasteiger partial charge >= 0.3 is 0 Å². The number of hydrogen-bond donors (Lipinski definition) is 1. The number of benzene rings is 1. The fraction of sp³-hybridized carbons (Fsp3) is 0.600. The van der Waals surface area contributed by atoms with Crippen LogP contribution in [0.25, 0.3) is 0 Å². The van der Waals surface area contributed by atoms with E-state index >= 15 is 0 Å². The minimum atomic E-state index is -1.05. The van der Waals surface area contributed by atoms with Gasteiger partial charge in [-0.25, -0.2) is 4.39 Å². The standard InChI is InChI=1S/C25H34FN3O4S/c1-3-28(4-2)15-9-7-5-6-8-10-16-34-22-18(26)12-11-17-21(22)25(33)29(24(17)32)19-13-14-20(30)27-23(19)31/h11-12,19H,3-10,13-16H2,1-2H3,(H,27,30,31). The van der Waals surface area contributed by atoms with E-state index in [0.29, 0.717) is 5.75 Å². The van der Waals surface area contributed by atoms with Crippen molar-refractivity contribution in [1.29, 1.82) is 0 Å². The van der Waals surface area contributed by atoms with E-state index in [2.05, 4.69) is 24.1 Å². The average molecular weight is 492 g/mol. The average Bonchev–Trinajstić information content (AvgIpc) is 3.06. The van der Waals surface area contributed by atoms with Crippen LogP contribution in [0.15, 0.2) is 17.0 Å². The van der Waals surface area contributed by atoms with Crippen molar-refractivity contribution in [3.63, 3.8) is 0 Å². The Hall–Kier alpha value is -2.26. The molecule has 9 heteroatoms. The van der Waals surface area contributed by atoms with Crippen LogP contribution in [0, 0.1) is 5.82 Å². The van der Waals surface area contributed by atoms with Crippen molar-refractivity contribution in [2.24, 2.45) is 0 Å². The Labute approximate surface area is 204 Å². The van der Waals surface area contributed by atoms with E-state index < -0.39 is 35.5 Å². The molecule has 186 valence electrons. The third-order valence-corrected chi connectivity index (χ3v) is 7.70. The van der Waals surface area contributed by atoms with Crippen molar-refractivity contribution in [3.8, 4) is 0 Å². The molecule has 1 unspecified atom stereocenters. The molecule has 1 fully saturated rings. The molecule has 0 saturated carbocycles. The molecule has 0 spiro atoms. The van der Waals surface area contributed by atoms with Gasteiger partial charge in [0.1, 0.15) is 11.9 Å². The lowest BCUT2D eigenvalue weighted by molar-refractivity contribution is -0.136. The van der Waals surface area contributed by atoms with Crippen LogP contribution in [0.1, 0.15) is 85.9 Å². The molecule has 2 heterocycles. The highest BCUT2D eigenvalue weighted by atomic mass is 32.2. The first-order valence-electron chi connectivity index (χ1n) is 12.3. The molecule has 1 saturated heterocycles. The van der Waals surface area contributed by atoms with Crippen LogP contribution in [0.2, 0.25) is 0 Å². The van der Waals surface area contributed by atoms with Crippen LogP contribution in [-0.2, 0) is 9.59 Å². The molecule has 1 aromatic rings. The van der Waals surface area contributed by atoms with Crippen LogP contribution in [0.3, 0.4) is 0 Å². The molecule has 0 aromatic heterocycles. The predicted molar refractivity (Wildman–Crippen MR) is 129 cm³/mol. The first-order valence-corrected chi connectivity index (χ1v) is 13.3. The number of imide groups is 2. The SMILES string of the molecule is CCN(CC)CCCCCCCCSc1c(F)ccc2c1C(=O)N(C1CCC(=O)NC1=O)C2=O. The number of unbranched alkanes of at least 4 members (excludes halogenated alkanes) is 5. The zero-order valence-corrected chi connectivity index (χ0v) is 20.8. The van der Waals surface area contributed by atoms with E-state index in [9.17, 15) is 23.6 Å². The van der Waals surface area contributed by atoms with E-state index in [1.54, 1.807) is 0 Å². The lowest BCUT2D eigenvalue weighted by Crippen LogP contribution is -2.54. The maximum atomic E-state index is 14.7. The second-order valence-corrected chi connectivity index (χ2v) is 9.85. The summed E-state index contributed by atoms with van der Waals surface area (Å²) in [6.45, 7) is 7.69. The summed E-state index contributed by atoms with van der Waals surface area (Å²) in [5, 5.41) is 2.17. The molecule has 1 N–H and O–H groups in total. The molecule has 2 aliphatic heterocycles. The summed E-state index contributed by atoms with van der Waals surface area (Å²) in [4.78, 5) is 53.1. The Morgan fingerprint density at radius 1 is 1.00 bits per heavy atom. The first kappa shape index (κ1) is 26.3. The van der Waals surface area contributed by atoms with Crippen molar-refractivity contribution >= 4 is 35.4 Å². The Bertz CT molecular complexity index is 935. The second kappa shape index (κ2) is 12.4. The Morgan fingerprint density at radius 3 is 2.35 bits per heavy atom. The highest BCUT2D eigenvalue weighted by molar-refractivity contribution is 7.99. The third kappa shape index (κ3) is 6.05. The van der Waals surface area contributed by atoms with Crippen LogP contribution >= 0.6 is 11.8 Å². The summed E-state index contributed by atoms with van der Waals surface area (Å²) < 4.78 is 14.7. The van der Waals surface area contributed by atoms with E-state index in [1.165, 1.54) is 43.2 Å². The van der Waals surface area contributed by atoms with Gasteiger partial charge in [-0.3, -0.25) is 29.4 Å². The molecule has 3 rings (SSSR count). The van der Waals surface area contributed by atoms with Crippen LogP contribution in [-0.4, -0.2) is 64.9 Å². The minimum absolute atomic E-state index is 0.0381. The molecule has 0 aliphatic carbocycles. The van der Waals surface area contributed by atoms with Gasteiger partial charge in [-0.1, -0.05) is 39.5 Å². The van der Waals surface area contributed by atoms with Crippen molar-refractivity contribution in [2.75, 3.05) is 25.4 Å². The number of thioether (sulfide) groups is 1. The van der Waals surface area contributed by atoms with Gasteiger partial charge in [0.15, 0.2) is 0 Å². The lowest BCUT2D eigenvalue weighted by atomic mass is 10.0. The first-order chi connectivity index (χ1) is 16.4. The summed E-state index contributed by atoms with van der Waals surface area (Å²) in [7, 11) is 0. The van der Waals surface area contributed by atoms with Crippen LogP contribution in [0.4, 0.5) is 4.39 Å². The summed E-state index contributed by atoms with van der Waals surface area (Å²) in [6, 6.07) is 1.46. The second-order valence-electron chi connectivity index (χ2n) is 8.74. The molecule has 7 nitrogen and oxygen atoms in total. The van der Waals surface area contributed by atoms with Gasteiger partial charge in [0.25, 0.3) is 11.8 Å². The number of hydrogen-bond acceptors (Lipinski definition) is 6. The number of carbonyl (C=O) groups is 4. The smallest absolute Gasteiger partial charge is 0.263 e. The van der Waals surface area contributed by atoms with Gasteiger partial charge in [0.05, 0.1) is 16.0 Å². The highest BCUT2D eigenvalue weighted by Crippen LogP contribution is 2.36. The zero-order valence-electron chi connectivity index (χ0n) is 20.0. The number of rotatable bonds is 13. The number of carbonyl (C=O) groups excluding carboxylic acids is 4. The van der Waals surface area contributed by atoms with Crippen LogP contribution in [0.5, 0.6) is 0 Å². The Balaban J connectivity index is 1.51. The largest absolute Gasteiger partial charge is 0.304 e. The van der Waals surface area contributed by atoms with E-state index in [4.69, 9.17) is 0 Å². The quantitative estimate of drug-likeness (QED) is 0.255. The van der Waals surface area contributed by atoms with Crippen molar-refractivity contribution < 1.29 is 23.6 Å². The molecule has 1 atom stereocenters. The van der Waals surface area contributed by atoms with Gasteiger partial charge in [-0.15, -0.1) is 11.8 Å². The number of amides is 4. The Kier molecular flexibility index (Phi) is 9.64. The van der Waals surface area contributed by atoms with Crippen molar-refractivity contribution in [2.45, 2.75) is 76.2 Å². The van der Waals surface area contributed by atoms with E-state index in [1.807, 2.05) is 0 Å². The van der Waals surface area contributed by atoms with Gasteiger partial charge in [-0.05, 0) is 56.8 Å². The zero-order chi connectivity index (χ0) is 24.7. The number of nitrogens with one attached hydrogen (secondary N) is 1. The van der Waals surface area contributed by atoms with E-state index in [0.717, 1.165) is 43.8 Å². The van der Waals surface area contributed by atoms with Crippen molar-refractivity contribution in [3.05, 3.63) is 29.1 Å². The number of nitrogens with zero attached hydrogens (tertiary/aromatic N) is 2. The molecule has 4 amide bonds. The highest BCUT2D eigenvalue weighted by Gasteiger charge is 2.46. The van der Waals surface area contributed by atoms with Crippen LogP contribution < -0.4 is 5.32 Å². The molecule has 34 heavy (non-hydrogen) atoms. The van der Waals surface area contributed by atoms with E-state index in [-0.39, 0.29) is 28.9 Å². The molecule has 2 aliphatic rings. The van der Waals surface area contributed by atoms with Crippen molar-refractivity contribution in [1.82, 2.24) is 15.1 Å². The molecule has 0 radical (unpaired) electrons. The molecule has 1 aromatic carbocycles. The van der Waals surface area contributed by atoms with Gasteiger partial charge in [0.2, 0.25) is 11.8 Å². The predicted octanol–water partition coefficient (Wildman–Crippen LogP) is 4.00. The third-order valence-electron chi connectivity index (χ3n) is 6.52. The molecular formula is C25H34FN3O4S. The van der Waals surface area contributed by atoms with Gasteiger partial charge in [0, 0.05) is 6.42 Å². The summed E-state index contributed by atoms with van der Waals surface area (Å²) in [6.07, 6.45) is 6.76. The number of halogens is 1. The van der Waals surface area contributed by atoms with Gasteiger partial charge in [-0.2, -0.15) is 0 Å². The van der Waals surface area contributed by atoms with Gasteiger partial charge < -0.3 is 4.90 Å². The summed E-state index contributed by atoms with van der Waals surface area (Å²) in [5.41, 5.74) is 0.155. The molecule has 0 bridgehead atoms. The minimum Gasteiger partial charge on any atom is -0.304 e. The topological polar surface area (TPSA) is 86.8 Å². The fourth-order valence-corrected chi connectivity index (χ4v) is 5.60. The normalized spacial score (nSPS) is 18.1. The number of piperidine rings is 1. The fourth-order valence-electron chi connectivity index (χ4n) is 4.50. The summed E-state index contributed by atoms with van der Waals surface area (Å²) in [5.74, 6) is -2.26. The summed E-state index contributed by atoms with van der Waals surface area (Å²) >= 11 is 1.25. The molecular weight excluding hydrogens is 457 g/mol. The monoisotopic (exact) mass is 491 g/mol. The number of fused-ring (bicyclic) bond motifs is 1. The maximum Gasteiger partial charge on any atom is 0.263 e.